The summed E-state index contributed by atoms with van der Waals surface area (Å²) >= 11 is 6.58. The lowest BCUT2D eigenvalue weighted by Gasteiger charge is -2.33. The summed E-state index contributed by atoms with van der Waals surface area (Å²) in [7, 11) is 0. The van der Waals surface area contributed by atoms with E-state index in [-0.39, 0.29) is 4.91 Å². The molecular formula is C18H17ClN2O5S. The molecule has 1 aromatic rings. The molecular weight excluding hydrogens is 392 g/mol. The molecule has 9 heteroatoms. The number of carboxylic acid groups (broad SMARTS) is 1. The highest BCUT2D eigenvalue weighted by Gasteiger charge is 2.39. The summed E-state index contributed by atoms with van der Waals surface area (Å²) < 4.78 is 0. The van der Waals surface area contributed by atoms with Gasteiger partial charge in [0, 0.05) is 11.6 Å². The van der Waals surface area contributed by atoms with Crippen LogP contribution in [0.5, 0.6) is 0 Å². The normalized spacial score (nSPS) is 21.8. The first-order valence-corrected chi connectivity index (χ1v) is 9.59. The number of nitrogens with zero attached hydrogens (tertiary/aromatic N) is 2. The standard InChI is InChI=1S/C18H17ClN2O5S/c19-12-6-4-11(5-7-12)9-14-16(23)21(18(26)27-14)10-15(22)20-8-2-1-3-13(20)17(24)25/h4-7,9,13H,1-3,8,10H2,(H,24,25). The first-order valence-electron chi connectivity index (χ1n) is 8.40. The van der Waals surface area contributed by atoms with Crippen LogP contribution in [0.1, 0.15) is 24.8 Å². The summed E-state index contributed by atoms with van der Waals surface area (Å²) in [6.07, 6.45) is 3.37. The van der Waals surface area contributed by atoms with Crippen molar-refractivity contribution in [1.82, 2.24) is 9.80 Å². The lowest BCUT2D eigenvalue weighted by atomic mass is 10.0. The fourth-order valence-corrected chi connectivity index (χ4v) is 4.02. The van der Waals surface area contributed by atoms with Crippen LogP contribution in [0.25, 0.3) is 6.08 Å². The highest BCUT2D eigenvalue weighted by Crippen LogP contribution is 2.32. The molecule has 0 aromatic heterocycles. The molecule has 0 saturated carbocycles. The third-order valence-electron chi connectivity index (χ3n) is 4.44. The molecule has 1 atom stereocenters. The molecule has 1 aromatic carbocycles. The largest absolute Gasteiger partial charge is 0.480 e. The zero-order valence-electron chi connectivity index (χ0n) is 14.3. The van der Waals surface area contributed by atoms with Crippen molar-refractivity contribution >= 4 is 52.5 Å². The maximum absolute atomic E-state index is 12.5. The number of aliphatic carboxylic acids is 1. The van der Waals surface area contributed by atoms with Gasteiger partial charge in [-0.1, -0.05) is 23.7 Å². The summed E-state index contributed by atoms with van der Waals surface area (Å²) in [4.78, 5) is 50.9. The monoisotopic (exact) mass is 408 g/mol. The molecule has 142 valence electrons. The zero-order valence-corrected chi connectivity index (χ0v) is 15.8. The second-order valence-corrected chi connectivity index (χ2v) is 7.69. The fraction of sp³-hybridized carbons (Fsp3) is 0.333. The first-order chi connectivity index (χ1) is 12.9. The molecule has 3 amide bonds. The number of hydrogen-bond acceptors (Lipinski definition) is 5. The number of hydrogen-bond donors (Lipinski definition) is 1. The van der Waals surface area contributed by atoms with Gasteiger partial charge in [-0.2, -0.15) is 0 Å². The van der Waals surface area contributed by atoms with Crippen LogP contribution in [0.15, 0.2) is 29.2 Å². The summed E-state index contributed by atoms with van der Waals surface area (Å²) in [5, 5.41) is 9.30. The minimum absolute atomic E-state index is 0.212. The van der Waals surface area contributed by atoms with Gasteiger partial charge in [0.05, 0.1) is 4.91 Å². The van der Waals surface area contributed by atoms with E-state index in [2.05, 4.69) is 0 Å². The number of thioether (sulfide) groups is 1. The van der Waals surface area contributed by atoms with E-state index in [0.717, 1.165) is 23.1 Å². The molecule has 3 rings (SSSR count). The van der Waals surface area contributed by atoms with Gasteiger partial charge in [-0.25, -0.2) is 4.79 Å². The van der Waals surface area contributed by atoms with Crippen LogP contribution in [0, 0.1) is 0 Å². The van der Waals surface area contributed by atoms with Gasteiger partial charge in [0.15, 0.2) is 0 Å². The molecule has 1 unspecified atom stereocenters. The van der Waals surface area contributed by atoms with Gasteiger partial charge in [0.25, 0.3) is 11.1 Å². The van der Waals surface area contributed by atoms with E-state index in [0.29, 0.717) is 30.0 Å². The van der Waals surface area contributed by atoms with Crippen LogP contribution in [0.2, 0.25) is 5.02 Å². The second-order valence-electron chi connectivity index (χ2n) is 6.26. The van der Waals surface area contributed by atoms with E-state index in [1.54, 1.807) is 30.3 Å². The highest BCUT2D eigenvalue weighted by atomic mass is 35.5. The lowest BCUT2D eigenvalue weighted by molar-refractivity contribution is -0.152. The number of imide groups is 1. The SMILES string of the molecule is O=C(O)C1CCCCN1C(=O)CN1C(=O)SC(=Cc2ccc(Cl)cc2)C1=O. The Kier molecular flexibility index (Phi) is 5.86. The molecule has 0 aliphatic carbocycles. The van der Waals surface area contributed by atoms with Crippen molar-refractivity contribution in [2.24, 2.45) is 0 Å². The third-order valence-corrected chi connectivity index (χ3v) is 5.60. The zero-order chi connectivity index (χ0) is 19.6. The van der Waals surface area contributed by atoms with Crippen LogP contribution in [0.4, 0.5) is 4.79 Å². The van der Waals surface area contributed by atoms with E-state index in [9.17, 15) is 24.3 Å². The van der Waals surface area contributed by atoms with Gasteiger partial charge in [0.2, 0.25) is 5.91 Å². The molecule has 2 saturated heterocycles. The second kappa shape index (κ2) is 8.14. The van der Waals surface area contributed by atoms with E-state index in [1.807, 2.05) is 0 Å². The lowest BCUT2D eigenvalue weighted by Crippen LogP contribution is -2.51. The van der Waals surface area contributed by atoms with Crippen LogP contribution in [-0.2, 0) is 14.4 Å². The van der Waals surface area contributed by atoms with Crippen molar-refractivity contribution in [2.45, 2.75) is 25.3 Å². The maximum atomic E-state index is 12.5. The predicted molar refractivity (Wildman–Crippen MR) is 101 cm³/mol. The summed E-state index contributed by atoms with van der Waals surface area (Å²) in [5.41, 5.74) is 0.707. The Labute approximate surface area is 164 Å². The average Bonchev–Trinajstić information content (AvgIpc) is 2.91. The maximum Gasteiger partial charge on any atom is 0.326 e. The molecule has 2 aliphatic heterocycles. The van der Waals surface area contributed by atoms with E-state index >= 15 is 0 Å². The minimum Gasteiger partial charge on any atom is -0.480 e. The molecule has 27 heavy (non-hydrogen) atoms. The summed E-state index contributed by atoms with van der Waals surface area (Å²) in [6.45, 7) is -0.140. The van der Waals surface area contributed by atoms with Crippen molar-refractivity contribution in [3.63, 3.8) is 0 Å². The van der Waals surface area contributed by atoms with E-state index in [4.69, 9.17) is 11.6 Å². The van der Waals surface area contributed by atoms with Gasteiger partial charge >= 0.3 is 5.97 Å². The Bertz CT molecular complexity index is 824. The minimum atomic E-state index is -1.07. The molecule has 2 heterocycles. The Hall–Kier alpha value is -2.32. The molecule has 0 spiro atoms. The fourth-order valence-electron chi connectivity index (χ4n) is 3.06. The summed E-state index contributed by atoms with van der Waals surface area (Å²) in [6, 6.07) is 5.86. The van der Waals surface area contributed by atoms with Crippen LogP contribution < -0.4 is 0 Å². The third kappa shape index (κ3) is 4.33. The quantitative estimate of drug-likeness (QED) is 0.770. The number of carbonyl (C=O) groups excluding carboxylic acids is 3. The number of rotatable bonds is 4. The number of likely N-dealkylation sites (tertiary alicyclic amines) is 1. The Balaban J connectivity index is 1.72. The molecule has 0 bridgehead atoms. The Morgan fingerprint density at radius 1 is 1.22 bits per heavy atom. The topological polar surface area (TPSA) is 95.0 Å². The van der Waals surface area contributed by atoms with Crippen molar-refractivity contribution < 1.29 is 24.3 Å². The van der Waals surface area contributed by atoms with Gasteiger partial charge in [-0.3, -0.25) is 19.3 Å². The first kappa shape index (κ1) is 19.4. The van der Waals surface area contributed by atoms with Crippen LogP contribution in [0.3, 0.4) is 0 Å². The molecule has 2 fully saturated rings. The summed E-state index contributed by atoms with van der Waals surface area (Å²) in [5.74, 6) is -2.16. The van der Waals surface area contributed by atoms with Crippen molar-refractivity contribution in [3.8, 4) is 0 Å². The molecule has 1 N–H and O–H groups in total. The number of carboxylic acids is 1. The Morgan fingerprint density at radius 2 is 1.93 bits per heavy atom. The van der Waals surface area contributed by atoms with Gasteiger partial charge in [0.1, 0.15) is 12.6 Å². The average molecular weight is 409 g/mol. The molecule has 2 aliphatic rings. The number of piperidine rings is 1. The van der Waals surface area contributed by atoms with Crippen molar-refractivity contribution in [1.29, 1.82) is 0 Å². The molecule has 0 radical (unpaired) electrons. The van der Waals surface area contributed by atoms with E-state index in [1.165, 1.54) is 4.90 Å². The van der Waals surface area contributed by atoms with Crippen molar-refractivity contribution in [2.75, 3.05) is 13.1 Å². The predicted octanol–water partition coefficient (Wildman–Crippen LogP) is 2.84. The number of carbonyl (C=O) groups is 4. The smallest absolute Gasteiger partial charge is 0.326 e. The Morgan fingerprint density at radius 3 is 2.59 bits per heavy atom. The van der Waals surface area contributed by atoms with Gasteiger partial charge in [-0.05, 0) is 54.8 Å². The van der Waals surface area contributed by atoms with Crippen molar-refractivity contribution in [3.05, 3.63) is 39.8 Å². The van der Waals surface area contributed by atoms with E-state index < -0.39 is 35.6 Å². The van der Waals surface area contributed by atoms with Crippen LogP contribution in [-0.4, -0.2) is 57.1 Å². The highest BCUT2D eigenvalue weighted by molar-refractivity contribution is 8.18. The molecule has 7 nitrogen and oxygen atoms in total. The van der Waals surface area contributed by atoms with Gasteiger partial charge in [-0.15, -0.1) is 0 Å². The van der Waals surface area contributed by atoms with Gasteiger partial charge < -0.3 is 10.0 Å². The van der Waals surface area contributed by atoms with Crippen LogP contribution >= 0.6 is 23.4 Å². The number of benzene rings is 1. The number of halogens is 1. The number of amides is 3.